The topological polar surface area (TPSA) is 95.9 Å². The van der Waals surface area contributed by atoms with Crippen LogP contribution in [0.2, 0.25) is 0 Å². The average molecular weight is 344 g/mol. The van der Waals surface area contributed by atoms with Crippen LogP contribution in [0.1, 0.15) is 43.5 Å². The number of imidazole rings is 2. The second-order valence-corrected chi connectivity index (χ2v) is 6.35. The van der Waals surface area contributed by atoms with Gasteiger partial charge in [0.1, 0.15) is 18.2 Å². The van der Waals surface area contributed by atoms with E-state index in [9.17, 15) is 9.59 Å². The van der Waals surface area contributed by atoms with Crippen LogP contribution in [0.25, 0.3) is 0 Å². The van der Waals surface area contributed by atoms with Crippen molar-refractivity contribution in [2.45, 2.75) is 45.7 Å². The van der Waals surface area contributed by atoms with Gasteiger partial charge >= 0.3 is 0 Å². The lowest BCUT2D eigenvalue weighted by Gasteiger charge is -2.17. The molecule has 0 aromatic carbocycles. The SMILES string of the molecule is CCc1nccn1CC(=O)N1CC[C@@H](c2ncc(CNC(C)=O)[nH]2)C1. The number of aromatic nitrogens is 4. The molecule has 3 heterocycles. The Morgan fingerprint density at radius 2 is 2.24 bits per heavy atom. The highest BCUT2D eigenvalue weighted by Gasteiger charge is 2.29. The van der Waals surface area contributed by atoms with Gasteiger partial charge in [-0.3, -0.25) is 9.59 Å². The van der Waals surface area contributed by atoms with Gasteiger partial charge in [0.15, 0.2) is 0 Å². The third-order valence-electron chi connectivity index (χ3n) is 4.53. The molecule has 2 aromatic heterocycles. The Balaban J connectivity index is 1.56. The molecule has 25 heavy (non-hydrogen) atoms. The lowest BCUT2D eigenvalue weighted by molar-refractivity contribution is -0.130. The first-order valence-corrected chi connectivity index (χ1v) is 8.62. The van der Waals surface area contributed by atoms with Crippen molar-refractivity contribution in [3.63, 3.8) is 0 Å². The van der Waals surface area contributed by atoms with Gasteiger partial charge in [-0.2, -0.15) is 0 Å². The van der Waals surface area contributed by atoms with Gasteiger partial charge < -0.3 is 19.8 Å². The Hall–Kier alpha value is -2.64. The fourth-order valence-corrected chi connectivity index (χ4v) is 3.15. The normalized spacial score (nSPS) is 17.0. The van der Waals surface area contributed by atoms with Crippen LogP contribution in [0, 0.1) is 0 Å². The Kier molecular flexibility index (Phi) is 5.16. The molecule has 134 valence electrons. The first-order valence-electron chi connectivity index (χ1n) is 8.62. The van der Waals surface area contributed by atoms with E-state index in [1.54, 1.807) is 12.4 Å². The second kappa shape index (κ2) is 7.50. The molecule has 2 N–H and O–H groups in total. The minimum absolute atomic E-state index is 0.0697. The van der Waals surface area contributed by atoms with E-state index >= 15 is 0 Å². The van der Waals surface area contributed by atoms with Crippen LogP contribution in [0.4, 0.5) is 0 Å². The van der Waals surface area contributed by atoms with E-state index < -0.39 is 0 Å². The zero-order chi connectivity index (χ0) is 17.8. The summed E-state index contributed by atoms with van der Waals surface area (Å²) < 4.78 is 1.91. The van der Waals surface area contributed by atoms with Crippen LogP contribution in [-0.4, -0.2) is 49.3 Å². The standard InChI is InChI=1S/C17H24N6O2/c1-3-15-18-5-7-22(15)11-16(25)23-6-4-13(10-23)17-20-9-14(21-17)8-19-12(2)24/h5,7,9,13H,3-4,6,8,10-11H2,1-2H3,(H,19,24)(H,20,21)/t13-/m1/s1. The molecule has 0 bridgehead atoms. The minimum atomic E-state index is -0.0697. The van der Waals surface area contributed by atoms with Crippen LogP contribution in [0.5, 0.6) is 0 Å². The van der Waals surface area contributed by atoms with Crippen molar-refractivity contribution in [1.82, 2.24) is 29.7 Å². The van der Waals surface area contributed by atoms with Crippen LogP contribution in [-0.2, 0) is 29.1 Å². The van der Waals surface area contributed by atoms with Gasteiger partial charge in [-0.05, 0) is 6.42 Å². The molecule has 0 spiro atoms. The Morgan fingerprint density at radius 3 is 3.00 bits per heavy atom. The van der Waals surface area contributed by atoms with Crippen molar-refractivity contribution in [2.75, 3.05) is 13.1 Å². The molecule has 8 nitrogen and oxygen atoms in total. The summed E-state index contributed by atoms with van der Waals surface area (Å²) in [7, 11) is 0. The molecular weight excluding hydrogens is 320 g/mol. The number of aromatic amines is 1. The summed E-state index contributed by atoms with van der Waals surface area (Å²) in [6.45, 7) is 5.70. The molecule has 2 amide bonds. The summed E-state index contributed by atoms with van der Waals surface area (Å²) in [5.41, 5.74) is 0.876. The number of carbonyl (C=O) groups excluding carboxylic acids is 2. The highest BCUT2D eigenvalue weighted by Crippen LogP contribution is 2.25. The number of carbonyl (C=O) groups is 2. The zero-order valence-corrected chi connectivity index (χ0v) is 14.7. The number of hydrogen-bond donors (Lipinski definition) is 2. The molecule has 0 unspecified atom stereocenters. The molecule has 1 saturated heterocycles. The molecule has 0 aliphatic carbocycles. The van der Waals surface area contributed by atoms with Crippen molar-refractivity contribution in [2.24, 2.45) is 0 Å². The number of nitrogens with zero attached hydrogens (tertiary/aromatic N) is 4. The smallest absolute Gasteiger partial charge is 0.242 e. The predicted octanol–water partition coefficient (Wildman–Crippen LogP) is 0.821. The number of nitrogens with one attached hydrogen (secondary N) is 2. The number of hydrogen-bond acceptors (Lipinski definition) is 4. The van der Waals surface area contributed by atoms with Crippen molar-refractivity contribution in [1.29, 1.82) is 0 Å². The van der Waals surface area contributed by atoms with E-state index in [0.29, 0.717) is 19.6 Å². The van der Waals surface area contributed by atoms with Crippen molar-refractivity contribution in [3.05, 3.63) is 35.9 Å². The number of likely N-dealkylation sites (tertiary alicyclic amines) is 1. The number of amides is 2. The highest BCUT2D eigenvalue weighted by atomic mass is 16.2. The molecule has 1 aliphatic heterocycles. The van der Waals surface area contributed by atoms with Gasteiger partial charge in [0.05, 0.1) is 18.4 Å². The number of rotatable bonds is 6. The fourth-order valence-electron chi connectivity index (χ4n) is 3.15. The lowest BCUT2D eigenvalue weighted by atomic mass is 10.1. The van der Waals surface area contributed by atoms with E-state index in [2.05, 4.69) is 20.3 Å². The summed E-state index contributed by atoms with van der Waals surface area (Å²) in [6, 6.07) is 0. The van der Waals surface area contributed by atoms with E-state index in [4.69, 9.17) is 0 Å². The predicted molar refractivity (Wildman–Crippen MR) is 91.7 cm³/mol. The van der Waals surface area contributed by atoms with E-state index in [1.807, 2.05) is 22.6 Å². The van der Waals surface area contributed by atoms with Gasteiger partial charge in [0, 0.05) is 44.7 Å². The monoisotopic (exact) mass is 344 g/mol. The Labute approximate surface area is 146 Å². The highest BCUT2D eigenvalue weighted by molar-refractivity contribution is 5.76. The molecular formula is C17H24N6O2. The largest absolute Gasteiger partial charge is 0.351 e. The summed E-state index contributed by atoms with van der Waals surface area (Å²) in [6.07, 6.45) is 7.04. The van der Waals surface area contributed by atoms with Gasteiger partial charge in [-0.1, -0.05) is 6.92 Å². The first-order chi connectivity index (χ1) is 12.1. The zero-order valence-electron chi connectivity index (χ0n) is 14.7. The molecule has 8 heteroatoms. The molecule has 0 radical (unpaired) electrons. The quantitative estimate of drug-likeness (QED) is 0.811. The molecule has 3 rings (SSSR count). The molecule has 1 aliphatic rings. The summed E-state index contributed by atoms with van der Waals surface area (Å²) in [4.78, 5) is 37.3. The van der Waals surface area contributed by atoms with Crippen LogP contribution >= 0.6 is 0 Å². The van der Waals surface area contributed by atoms with Crippen LogP contribution in [0.3, 0.4) is 0 Å². The van der Waals surface area contributed by atoms with Gasteiger partial charge in [-0.25, -0.2) is 9.97 Å². The average Bonchev–Trinajstić information content (AvgIpc) is 3.32. The van der Waals surface area contributed by atoms with Gasteiger partial charge in [0.25, 0.3) is 0 Å². The van der Waals surface area contributed by atoms with Gasteiger partial charge in [0.2, 0.25) is 11.8 Å². The summed E-state index contributed by atoms with van der Waals surface area (Å²) in [5, 5.41) is 2.74. The van der Waals surface area contributed by atoms with E-state index in [-0.39, 0.29) is 17.7 Å². The van der Waals surface area contributed by atoms with Gasteiger partial charge in [-0.15, -0.1) is 0 Å². The molecule has 2 aromatic rings. The maximum atomic E-state index is 12.5. The van der Waals surface area contributed by atoms with Crippen LogP contribution < -0.4 is 5.32 Å². The second-order valence-electron chi connectivity index (χ2n) is 6.35. The summed E-state index contributed by atoms with van der Waals surface area (Å²) >= 11 is 0. The third kappa shape index (κ3) is 4.07. The molecule has 1 atom stereocenters. The fraction of sp³-hybridized carbons (Fsp3) is 0.529. The van der Waals surface area contributed by atoms with Crippen LogP contribution in [0.15, 0.2) is 18.6 Å². The van der Waals surface area contributed by atoms with Crippen molar-refractivity contribution >= 4 is 11.8 Å². The maximum Gasteiger partial charge on any atom is 0.242 e. The minimum Gasteiger partial charge on any atom is -0.351 e. The number of aryl methyl sites for hydroxylation is 1. The first kappa shape index (κ1) is 17.2. The third-order valence-corrected chi connectivity index (χ3v) is 4.53. The van der Waals surface area contributed by atoms with E-state index in [0.717, 1.165) is 36.7 Å². The number of H-pyrrole nitrogens is 1. The molecule has 0 saturated carbocycles. The molecule has 1 fully saturated rings. The Morgan fingerprint density at radius 1 is 1.40 bits per heavy atom. The van der Waals surface area contributed by atoms with E-state index in [1.165, 1.54) is 6.92 Å². The lowest BCUT2D eigenvalue weighted by Crippen LogP contribution is -2.32. The van der Waals surface area contributed by atoms with Crippen molar-refractivity contribution in [3.8, 4) is 0 Å². The maximum absolute atomic E-state index is 12.5. The summed E-state index contributed by atoms with van der Waals surface area (Å²) in [5.74, 6) is 2.06. The van der Waals surface area contributed by atoms with Crippen molar-refractivity contribution < 1.29 is 9.59 Å². The Bertz CT molecular complexity index is 750.